The Labute approximate surface area is 119 Å². The molecule has 3 rings (SSSR count). The Bertz CT molecular complexity index is 695. The number of β-amino-alcohol motifs (C(OH)–C–C–N with tert-alkyl or cyclic N) is 1. The van der Waals surface area contributed by atoms with Gasteiger partial charge in [-0.1, -0.05) is 18.7 Å². The van der Waals surface area contributed by atoms with E-state index in [9.17, 15) is 9.32 Å². The standard InChI is InChI=1S/C14H15N3O2S/c1-10-14(18)9-17(20(10)19)13-5-3-4-11(6-13)12-7-15-16(2)8-12/h3-8,14,18H,1,9H2,2H3. The number of aliphatic hydroxyl groups is 1. The number of aliphatic hydroxyl groups excluding tert-OH is 1. The van der Waals surface area contributed by atoms with Gasteiger partial charge in [-0.2, -0.15) is 5.10 Å². The molecular weight excluding hydrogens is 274 g/mol. The number of aromatic nitrogens is 2. The Hall–Kier alpha value is -1.92. The molecule has 1 saturated heterocycles. The molecular formula is C14H15N3O2S. The second-order valence-corrected chi connectivity index (χ2v) is 6.21. The maximum atomic E-state index is 12.1. The van der Waals surface area contributed by atoms with Gasteiger partial charge in [-0.05, 0) is 17.7 Å². The van der Waals surface area contributed by atoms with Gasteiger partial charge in [-0.3, -0.25) is 8.99 Å². The van der Waals surface area contributed by atoms with E-state index in [2.05, 4.69) is 11.7 Å². The van der Waals surface area contributed by atoms with E-state index in [1.165, 1.54) is 0 Å². The van der Waals surface area contributed by atoms with Crippen LogP contribution in [0.25, 0.3) is 11.1 Å². The molecule has 1 N–H and O–H groups in total. The second-order valence-electron chi connectivity index (χ2n) is 4.75. The minimum absolute atomic E-state index is 0.307. The Kier molecular flexibility index (Phi) is 3.19. The summed E-state index contributed by atoms with van der Waals surface area (Å²) in [4.78, 5) is 0.358. The van der Waals surface area contributed by atoms with E-state index >= 15 is 0 Å². The topological polar surface area (TPSA) is 58.4 Å². The zero-order valence-corrected chi connectivity index (χ0v) is 11.9. The molecule has 2 aromatic rings. The summed E-state index contributed by atoms with van der Waals surface area (Å²) in [5.74, 6) is 0. The van der Waals surface area contributed by atoms with Crippen LogP contribution in [-0.2, 0) is 18.0 Å². The van der Waals surface area contributed by atoms with Crippen LogP contribution in [0.2, 0.25) is 0 Å². The largest absolute Gasteiger partial charge is 0.386 e. The lowest BCUT2D eigenvalue weighted by atomic mass is 10.1. The fraction of sp³-hybridized carbons (Fsp3) is 0.214. The average Bonchev–Trinajstić information content (AvgIpc) is 2.99. The van der Waals surface area contributed by atoms with Gasteiger partial charge in [0.1, 0.15) is 6.10 Å². The summed E-state index contributed by atoms with van der Waals surface area (Å²) in [5, 5.41) is 13.9. The zero-order chi connectivity index (χ0) is 14.3. The number of anilines is 1. The summed E-state index contributed by atoms with van der Waals surface area (Å²) in [6, 6.07) is 7.70. The Balaban J connectivity index is 1.96. The van der Waals surface area contributed by atoms with Crippen LogP contribution in [0.3, 0.4) is 0 Å². The molecule has 1 aliphatic heterocycles. The van der Waals surface area contributed by atoms with Gasteiger partial charge in [-0.15, -0.1) is 0 Å². The molecule has 1 aromatic heterocycles. The third-order valence-corrected chi connectivity index (χ3v) is 4.79. The first-order valence-corrected chi connectivity index (χ1v) is 7.32. The summed E-state index contributed by atoms with van der Waals surface area (Å²) in [5.41, 5.74) is 2.81. The van der Waals surface area contributed by atoms with Crippen molar-refractivity contribution in [3.8, 4) is 11.1 Å². The number of hydrogen-bond acceptors (Lipinski definition) is 3. The highest BCUT2D eigenvalue weighted by molar-refractivity contribution is 7.90. The van der Waals surface area contributed by atoms with Gasteiger partial charge in [0.25, 0.3) is 0 Å². The van der Waals surface area contributed by atoms with Gasteiger partial charge in [0.15, 0.2) is 11.0 Å². The number of nitrogens with zero attached hydrogens (tertiary/aromatic N) is 3. The molecule has 2 heterocycles. The predicted molar refractivity (Wildman–Crippen MR) is 79.3 cm³/mol. The molecule has 1 fully saturated rings. The number of benzene rings is 1. The van der Waals surface area contributed by atoms with Gasteiger partial charge >= 0.3 is 0 Å². The molecule has 6 heteroatoms. The molecule has 104 valence electrons. The van der Waals surface area contributed by atoms with Crippen molar-refractivity contribution in [1.82, 2.24) is 9.78 Å². The molecule has 0 bridgehead atoms. The smallest absolute Gasteiger partial charge is 0.150 e. The third kappa shape index (κ3) is 2.17. The van der Waals surface area contributed by atoms with Crippen molar-refractivity contribution in [1.29, 1.82) is 0 Å². The van der Waals surface area contributed by atoms with Crippen molar-refractivity contribution in [3.63, 3.8) is 0 Å². The summed E-state index contributed by atoms with van der Waals surface area (Å²) in [7, 11) is 0.486. The number of hydrogen-bond donors (Lipinski definition) is 1. The summed E-state index contributed by atoms with van der Waals surface area (Å²) in [6.45, 7) is 3.98. The highest BCUT2D eigenvalue weighted by Gasteiger charge is 2.32. The Morgan fingerprint density at radius 2 is 2.25 bits per heavy atom. The molecule has 20 heavy (non-hydrogen) atoms. The van der Waals surface area contributed by atoms with Crippen LogP contribution in [0.15, 0.2) is 48.1 Å². The normalized spacial score (nSPS) is 22.5. The van der Waals surface area contributed by atoms with Crippen LogP contribution in [0.4, 0.5) is 5.69 Å². The first kappa shape index (κ1) is 13.1. The Morgan fingerprint density at radius 1 is 1.45 bits per heavy atom. The highest BCUT2D eigenvalue weighted by atomic mass is 32.2. The molecule has 1 aromatic carbocycles. The fourth-order valence-corrected chi connectivity index (χ4v) is 3.37. The van der Waals surface area contributed by atoms with E-state index in [1.54, 1.807) is 15.2 Å². The minimum atomic E-state index is -1.38. The lowest BCUT2D eigenvalue weighted by molar-refractivity contribution is 0.234. The molecule has 5 nitrogen and oxygen atoms in total. The van der Waals surface area contributed by atoms with Gasteiger partial charge in [0, 0.05) is 18.8 Å². The molecule has 0 spiro atoms. The van der Waals surface area contributed by atoms with Crippen LogP contribution in [0.1, 0.15) is 0 Å². The molecule has 0 saturated carbocycles. The fourth-order valence-electron chi connectivity index (χ4n) is 2.20. The quantitative estimate of drug-likeness (QED) is 0.910. The highest BCUT2D eigenvalue weighted by Crippen LogP contribution is 2.30. The van der Waals surface area contributed by atoms with E-state index in [4.69, 9.17) is 0 Å². The maximum absolute atomic E-state index is 12.1. The summed E-state index contributed by atoms with van der Waals surface area (Å²) in [6.07, 6.45) is 2.97. The van der Waals surface area contributed by atoms with Crippen molar-refractivity contribution >= 4 is 16.7 Å². The van der Waals surface area contributed by atoms with Crippen LogP contribution in [-0.4, -0.2) is 31.7 Å². The van der Waals surface area contributed by atoms with Gasteiger partial charge < -0.3 is 5.11 Å². The van der Waals surface area contributed by atoms with E-state index in [1.807, 2.05) is 37.5 Å². The monoisotopic (exact) mass is 289 g/mol. The first-order valence-electron chi connectivity index (χ1n) is 6.21. The van der Waals surface area contributed by atoms with Crippen LogP contribution < -0.4 is 4.31 Å². The molecule has 0 aliphatic carbocycles. The van der Waals surface area contributed by atoms with Crippen LogP contribution in [0.5, 0.6) is 0 Å². The molecule has 0 amide bonds. The maximum Gasteiger partial charge on any atom is 0.150 e. The first-order chi connectivity index (χ1) is 9.56. The lowest BCUT2D eigenvalue weighted by Crippen LogP contribution is -2.21. The number of aryl methyl sites for hydroxylation is 1. The molecule has 2 unspecified atom stereocenters. The third-order valence-electron chi connectivity index (χ3n) is 3.31. The molecule has 2 atom stereocenters. The van der Waals surface area contributed by atoms with Crippen molar-refractivity contribution < 1.29 is 9.32 Å². The van der Waals surface area contributed by atoms with Gasteiger partial charge in [-0.25, -0.2) is 4.21 Å². The lowest BCUT2D eigenvalue weighted by Gasteiger charge is -2.16. The number of rotatable bonds is 2. The minimum Gasteiger partial charge on any atom is -0.386 e. The van der Waals surface area contributed by atoms with Crippen molar-refractivity contribution in [2.45, 2.75) is 6.10 Å². The van der Waals surface area contributed by atoms with Crippen LogP contribution >= 0.6 is 0 Å². The van der Waals surface area contributed by atoms with E-state index in [0.717, 1.165) is 16.8 Å². The zero-order valence-electron chi connectivity index (χ0n) is 11.1. The van der Waals surface area contributed by atoms with E-state index < -0.39 is 17.1 Å². The van der Waals surface area contributed by atoms with E-state index in [-0.39, 0.29) is 0 Å². The van der Waals surface area contributed by atoms with Gasteiger partial charge in [0.05, 0.1) is 23.3 Å². The second kappa shape index (κ2) is 4.88. The van der Waals surface area contributed by atoms with Crippen LogP contribution in [0, 0.1) is 0 Å². The SMILES string of the molecule is C=C1C(O)CN(c2cccc(-c3cnn(C)c3)c2)S1=O. The van der Waals surface area contributed by atoms with Gasteiger partial charge in [0.2, 0.25) is 0 Å². The summed E-state index contributed by atoms with van der Waals surface area (Å²) < 4.78 is 15.5. The average molecular weight is 289 g/mol. The van der Waals surface area contributed by atoms with Crippen molar-refractivity contribution in [2.75, 3.05) is 10.8 Å². The van der Waals surface area contributed by atoms with Crippen molar-refractivity contribution in [3.05, 3.63) is 48.1 Å². The summed E-state index contributed by atoms with van der Waals surface area (Å²) >= 11 is 0. The molecule has 1 aliphatic rings. The van der Waals surface area contributed by atoms with E-state index in [0.29, 0.717) is 11.4 Å². The molecule has 0 radical (unpaired) electrons. The Morgan fingerprint density at radius 3 is 2.85 bits per heavy atom. The van der Waals surface area contributed by atoms with Crippen molar-refractivity contribution in [2.24, 2.45) is 7.05 Å². The predicted octanol–water partition coefficient (Wildman–Crippen LogP) is 1.45.